The van der Waals surface area contributed by atoms with Gasteiger partial charge in [-0.05, 0) is 32.1 Å². The molecule has 72 valence electrons. The highest BCUT2D eigenvalue weighted by Crippen LogP contribution is 2.38. The zero-order valence-corrected chi connectivity index (χ0v) is 8.89. The van der Waals surface area contributed by atoms with Gasteiger partial charge in [-0.2, -0.15) is 0 Å². The summed E-state index contributed by atoms with van der Waals surface area (Å²) in [6.07, 6.45) is 5.54. The third-order valence-electron chi connectivity index (χ3n) is 3.53. The molecule has 0 aromatic heterocycles. The standard InChI is InChI=1S/C11H22O/c1-9-7-5-6-8-10(9)11(2,3)12-4/h9-10H,5-8H2,1-4H3. The van der Waals surface area contributed by atoms with Crippen LogP contribution in [0.15, 0.2) is 0 Å². The molecule has 0 N–H and O–H groups in total. The van der Waals surface area contributed by atoms with Gasteiger partial charge in [0.2, 0.25) is 0 Å². The minimum Gasteiger partial charge on any atom is -0.379 e. The fraction of sp³-hybridized carbons (Fsp3) is 1.00. The highest BCUT2D eigenvalue weighted by molar-refractivity contribution is 4.85. The Balaban J connectivity index is 2.58. The molecule has 12 heavy (non-hydrogen) atoms. The van der Waals surface area contributed by atoms with Gasteiger partial charge < -0.3 is 4.74 Å². The molecule has 1 aliphatic carbocycles. The highest BCUT2D eigenvalue weighted by Gasteiger charge is 2.34. The number of hydrogen-bond acceptors (Lipinski definition) is 1. The van der Waals surface area contributed by atoms with Crippen molar-refractivity contribution in [3.8, 4) is 0 Å². The molecule has 0 aliphatic heterocycles. The second-order valence-corrected chi connectivity index (χ2v) is 4.68. The monoisotopic (exact) mass is 170 g/mol. The lowest BCUT2D eigenvalue weighted by Crippen LogP contribution is -2.38. The van der Waals surface area contributed by atoms with Crippen molar-refractivity contribution < 1.29 is 4.74 Å². The van der Waals surface area contributed by atoms with E-state index in [1.807, 2.05) is 7.11 Å². The average Bonchev–Trinajstić information content (AvgIpc) is 2.05. The zero-order valence-electron chi connectivity index (χ0n) is 8.89. The van der Waals surface area contributed by atoms with Crippen LogP contribution in [0.1, 0.15) is 46.5 Å². The number of methoxy groups -OCH3 is 1. The van der Waals surface area contributed by atoms with Crippen LogP contribution in [0.3, 0.4) is 0 Å². The maximum atomic E-state index is 5.55. The molecule has 0 aromatic rings. The molecule has 1 aliphatic rings. The van der Waals surface area contributed by atoms with Gasteiger partial charge in [0.25, 0.3) is 0 Å². The van der Waals surface area contributed by atoms with E-state index in [1.54, 1.807) is 0 Å². The summed E-state index contributed by atoms with van der Waals surface area (Å²) < 4.78 is 5.55. The SMILES string of the molecule is COC(C)(C)C1CCCCC1C. The van der Waals surface area contributed by atoms with E-state index in [-0.39, 0.29) is 5.60 Å². The van der Waals surface area contributed by atoms with Crippen LogP contribution in [0.2, 0.25) is 0 Å². The Bertz CT molecular complexity index is 140. The lowest BCUT2D eigenvalue weighted by molar-refractivity contribution is -0.0584. The second kappa shape index (κ2) is 3.78. The fourth-order valence-electron chi connectivity index (χ4n) is 2.50. The molecular weight excluding hydrogens is 148 g/mol. The normalized spacial score (nSPS) is 32.0. The third-order valence-corrected chi connectivity index (χ3v) is 3.53. The smallest absolute Gasteiger partial charge is 0.0653 e. The zero-order chi connectivity index (χ0) is 9.19. The van der Waals surface area contributed by atoms with Gasteiger partial charge in [0.05, 0.1) is 5.60 Å². The summed E-state index contributed by atoms with van der Waals surface area (Å²) in [5, 5.41) is 0. The topological polar surface area (TPSA) is 9.23 Å². The first-order valence-corrected chi connectivity index (χ1v) is 5.13. The molecule has 1 heteroatoms. The first-order chi connectivity index (χ1) is 5.58. The van der Waals surface area contributed by atoms with Crippen molar-refractivity contribution in [2.45, 2.75) is 52.1 Å². The molecule has 1 saturated carbocycles. The van der Waals surface area contributed by atoms with Gasteiger partial charge in [0.15, 0.2) is 0 Å². The molecule has 0 bridgehead atoms. The minimum absolute atomic E-state index is 0.0832. The summed E-state index contributed by atoms with van der Waals surface area (Å²) in [5.41, 5.74) is 0.0832. The fourth-order valence-corrected chi connectivity index (χ4v) is 2.50. The Morgan fingerprint density at radius 3 is 2.25 bits per heavy atom. The quantitative estimate of drug-likeness (QED) is 0.618. The largest absolute Gasteiger partial charge is 0.379 e. The Morgan fingerprint density at radius 1 is 1.17 bits per heavy atom. The molecule has 1 nitrogen and oxygen atoms in total. The Kier molecular flexibility index (Phi) is 3.16. The predicted molar refractivity (Wildman–Crippen MR) is 52.2 cm³/mol. The van der Waals surface area contributed by atoms with Crippen molar-refractivity contribution in [3.05, 3.63) is 0 Å². The highest BCUT2D eigenvalue weighted by atomic mass is 16.5. The molecular formula is C11H22O. The predicted octanol–water partition coefficient (Wildman–Crippen LogP) is 3.24. The molecule has 0 amide bonds. The molecule has 0 heterocycles. The summed E-state index contributed by atoms with van der Waals surface area (Å²) in [6, 6.07) is 0. The second-order valence-electron chi connectivity index (χ2n) is 4.68. The van der Waals surface area contributed by atoms with Gasteiger partial charge in [-0.1, -0.05) is 26.2 Å². The van der Waals surface area contributed by atoms with Crippen molar-refractivity contribution in [1.29, 1.82) is 0 Å². The van der Waals surface area contributed by atoms with Crippen LogP contribution < -0.4 is 0 Å². The van der Waals surface area contributed by atoms with Gasteiger partial charge in [0, 0.05) is 7.11 Å². The van der Waals surface area contributed by atoms with E-state index in [0.717, 1.165) is 11.8 Å². The van der Waals surface area contributed by atoms with E-state index < -0.39 is 0 Å². The van der Waals surface area contributed by atoms with Crippen LogP contribution in [0.25, 0.3) is 0 Å². The number of ether oxygens (including phenoxy) is 1. The molecule has 0 radical (unpaired) electrons. The van der Waals surface area contributed by atoms with E-state index in [9.17, 15) is 0 Å². The maximum absolute atomic E-state index is 5.55. The summed E-state index contributed by atoms with van der Waals surface area (Å²) in [5.74, 6) is 1.60. The van der Waals surface area contributed by atoms with Crippen molar-refractivity contribution in [3.63, 3.8) is 0 Å². The molecule has 0 aromatic carbocycles. The molecule has 1 fully saturated rings. The summed E-state index contributed by atoms with van der Waals surface area (Å²) in [4.78, 5) is 0. The maximum Gasteiger partial charge on any atom is 0.0653 e. The van der Waals surface area contributed by atoms with Gasteiger partial charge in [-0.3, -0.25) is 0 Å². The van der Waals surface area contributed by atoms with E-state index in [2.05, 4.69) is 20.8 Å². The van der Waals surface area contributed by atoms with Crippen molar-refractivity contribution in [2.75, 3.05) is 7.11 Å². The Labute approximate surface area is 76.5 Å². The van der Waals surface area contributed by atoms with Crippen LogP contribution >= 0.6 is 0 Å². The van der Waals surface area contributed by atoms with Gasteiger partial charge in [0.1, 0.15) is 0 Å². The van der Waals surface area contributed by atoms with Crippen molar-refractivity contribution in [1.82, 2.24) is 0 Å². The molecule has 0 saturated heterocycles. The third kappa shape index (κ3) is 2.01. The van der Waals surface area contributed by atoms with E-state index >= 15 is 0 Å². The van der Waals surface area contributed by atoms with Crippen molar-refractivity contribution in [2.24, 2.45) is 11.8 Å². The van der Waals surface area contributed by atoms with Crippen LogP contribution in [0, 0.1) is 11.8 Å². The Morgan fingerprint density at radius 2 is 1.75 bits per heavy atom. The molecule has 0 spiro atoms. The summed E-state index contributed by atoms with van der Waals surface area (Å²) >= 11 is 0. The van der Waals surface area contributed by atoms with Gasteiger partial charge >= 0.3 is 0 Å². The summed E-state index contributed by atoms with van der Waals surface area (Å²) in [7, 11) is 1.83. The minimum atomic E-state index is 0.0832. The molecule has 2 atom stereocenters. The lowest BCUT2D eigenvalue weighted by Gasteiger charge is -2.40. The first kappa shape index (κ1) is 10.0. The van der Waals surface area contributed by atoms with E-state index in [0.29, 0.717) is 0 Å². The first-order valence-electron chi connectivity index (χ1n) is 5.13. The summed E-state index contributed by atoms with van der Waals surface area (Å²) in [6.45, 7) is 6.81. The number of hydrogen-bond donors (Lipinski definition) is 0. The Hall–Kier alpha value is -0.0400. The number of rotatable bonds is 2. The lowest BCUT2D eigenvalue weighted by atomic mass is 9.72. The van der Waals surface area contributed by atoms with Crippen LogP contribution in [0.4, 0.5) is 0 Å². The van der Waals surface area contributed by atoms with Crippen LogP contribution in [-0.2, 0) is 4.74 Å². The molecule has 1 rings (SSSR count). The van der Waals surface area contributed by atoms with Crippen LogP contribution in [0.5, 0.6) is 0 Å². The van der Waals surface area contributed by atoms with Gasteiger partial charge in [-0.25, -0.2) is 0 Å². The van der Waals surface area contributed by atoms with Gasteiger partial charge in [-0.15, -0.1) is 0 Å². The van der Waals surface area contributed by atoms with Crippen molar-refractivity contribution >= 4 is 0 Å². The van der Waals surface area contributed by atoms with E-state index in [1.165, 1.54) is 25.7 Å². The average molecular weight is 170 g/mol. The van der Waals surface area contributed by atoms with Crippen LogP contribution in [-0.4, -0.2) is 12.7 Å². The van der Waals surface area contributed by atoms with E-state index in [4.69, 9.17) is 4.74 Å². The molecule has 2 unspecified atom stereocenters.